The lowest BCUT2D eigenvalue weighted by molar-refractivity contribution is 0.0295. The molecule has 4 heteroatoms. The van der Waals surface area contributed by atoms with Crippen molar-refractivity contribution in [3.63, 3.8) is 0 Å². The van der Waals surface area contributed by atoms with E-state index in [2.05, 4.69) is 48.3 Å². The van der Waals surface area contributed by atoms with Gasteiger partial charge in [0.1, 0.15) is 5.60 Å². The molecule has 1 amide bonds. The van der Waals surface area contributed by atoms with E-state index in [1.165, 1.54) is 5.56 Å². The lowest BCUT2D eigenvalue weighted by atomic mass is 9.87. The van der Waals surface area contributed by atoms with Crippen LogP contribution in [0.2, 0.25) is 0 Å². The van der Waals surface area contributed by atoms with Crippen LogP contribution in [0.15, 0.2) is 30.3 Å². The van der Waals surface area contributed by atoms with Crippen molar-refractivity contribution in [3.8, 4) is 0 Å². The Bertz CT molecular complexity index is 520. The van der Waals surface area contributed by atoms with Crippen LogP contribution in [0, 0.1) is 0 Å². The lowest BCUT2D eigenvalue weighted by Gasteiger charge is -2.45. The Morgan fingerprint density at radius 3 is 2.57 bits per heavy atom. The predicted octanol–water partition coefficient (Wildman–Crippen LogP) is 3.95. The van der Waals surface area contributed by atoms with E-state index in [1.807, 2.05) is 26.8 Å². The first-order valence-electron chi connectivity index (χ1n) is 8.44. The zero-order chi connectivity index (χ0) is 17.1. The number of hydrogen-bond donors (Lipinski definition) is 1. The third-order valence-electron chi connectivity index (χ3n) is 4.34. The van der Waals surface area contributed by atoms with Crippen molar-refractivity contribution < 1.29 is 9.53 Å². The SMILES string of the molecule is CC(C)(C)OC(=O)NC1CCC(C)(C)N(Cc2ccccc2)C1. The van der Waals surface area contributed by atoms with E-state index < -0.39 is 5.60 Å². The van der Waals surface area contributed by atoms with Crippen molar-refractivity contribution in [2.45, 2.75) is 71.2 Å². The molecule has 1 aliphatic rings. The quantitative estimate of drug-likeness (QED) is 0.917. The van der Waals surface area contributed by atoms with Crippen molar-refractivity contribution in [2.75, 3.05) is 6.54 Å². The molecule has 0 spiro atoms. The van der Waals surface area contributed by atoms with Crippen LogP contribution >= 0.6 is 0 Å². The summed E-state index contributed by atoms with van der Waals surface area (Å²) in [5, 5.41) is 3.03. The van der Waals surface area contributed by atoms with E-state index in [0.717, 1.165) is 25.9 Å². The number of piperidine rings is 1. The van der Waals surface area contributed by atoms with Crippen molar-refractivity contribution in [1.29, 1.82) is 0 Å². The average molecular weight is 318 g/mol. The molecule has 0 bridgehead atoms. The van der Waals surface area contributed by atoms with Gasteiger partial charge < -0.3 is 10.1 Å². The molecule has 0 aliphatic carbocycles. The van der Waals surface area contributed by atoms with Crippen molar-refractivity contribution in [1.82, 2.24) is 10.2 Å². The van der Waals surface area contributed by atoms with Gasteiger partial charge in [-0.3, -0.25) is 4.90 Å². The first-order valence-corrected chi connectivity index (χ1v) is 8.44. The Morgan fingerprint density at radius 1 is 1.30 bits per heavy atom. The van der Waals surface area contributed by atoms with E-state index in [-0.39, 0.29) is 17.7 Å². The zero-order valence-corrected chi connectivity index (χ0v) is 15.1. The largest absolute Gasteiger partial charge is 0.444 e. The summed E-state index contributed by atoms with van der Waals surface area (Å²) in [5.74, 6) is 0. The van der Waals surface area contributed by atoms with Crippen LogP contribution in [-0.2, 0) is 11.3 Å². The highest BCUT2D eigenvalue weighted by molar-refractivity contribution is 5.68. The van der Waals surface area contributed by atoms with Gasteiger partial charge in [0, 0.05) is 24.7 Å². The fourth-order valence-corrected chi connectivity index (χ4v) is 2.96. The highest BCUT2D eigenvalue weighted by Crippen LogP contribution is 2.29. The molecule has 0 aromatic heterocycles. The number of amides is 1. The Balaban J connectivity index is 1.97. The fraction of sp³-hybridized carbons (Fsp3) is 0.632. The fourth-order valence-electron chi connectivity index (χ4n) is 2.96. The molecule has 1 N–H and O–H groups in total. The van der Waals surface area contributed by atoms with Gasteiger partial charge in [-0.05, 0) is 53.0 Å². The van der Waals surface area contributed by atoms with Gasteiger partial charge in [-0.15, -0.1) is 0 Å². The van der Waals surface area contributed by atoms with Gasteiger partial charge >= 0.3 is 6.09 Å². The summed E-state index contributed by atoms with van der Waals surface area (Å²) in [6.45, 7) is 12.0. The standard InChI is InChI=1S/C19H30N2O2/c1-18(2,3)23-17(22)20-16-11-12-19(4,5)21(14-16)13-15-9-7-6-8-10-15/h6-10,16H,11-14H2,1-5H3,(H,20,22). The van der Waals surface area contributed by atoms with Crippen molar-refractivity contribution in [3.05, 3.63) is 35.9 Å². The van der Waals surface area contributed by atoms with Crippen LogP contribution in [0.4, 0.5) is 4.79 Å². The number of nitrogens with one attached hydrogen (secondary N) is 1. The molecule has 1 aliphatic heterocycles. The van der Waals surface area contributed by atoms with Crippen molar-refractivity contribution in [2.24, 2.45) is 0 Å². The second-order valence-electron chi connectivity index (χ2n) is 8.06. The van der Waals surface area contributed by atoms with Crippen LogP contribution in [-0.4, -0.2) is 34.7 Å². The van der Waals surface area contributed by atoms with E-state index in [1.54, 1.807) is 0 Å². The summed E-state index contributed by atoms with van der Waals surface area (Å²) in [7, 11) is 0. The number of likely N-dealkylation sites (tertiary alicyclic amines) is 1. The summed E-state index contributed by atoms with van der Waals surface area (Å²) in [6.07, 6.45) is 1.72. The minimum Gasteiger partial charge on any atom is -0.444 e. The number of rotatable bonds is 3. The monoisotopic (exact) mass is 318 g/mol. The highest BCUT2D eigenvalue weighted by atomic mass is 16.6. The number of carbonyl (C=O) groups excluding carboxylic acids is 1. The molecular formula is C19H30N2O2. The maximum absolute atomic E-state index is 12.0. The smallest absolute Gasteiger partial charge is 0.407 e. The molecule has 1 aromatic rings. The number of ether oxygens (including phenoxy) is 1. The molecule has 1 fully saturated rings. The maximum Gasteiger partial charge on any atom is 0.407 e. The summed E-state index contributed by atoms with van der Waals surface area (Å²) in [5.41, 5.74) is 0.988. The molecule has 1 saturated heterocycles. The number of benzene rings is 1. The van der Waals surface area contributed by atoms with Gasteiger partial charge in [0.15, 0.2) is 0 Å². The summed E-state index contributed by atoms with van der Waals surface area (Å²) in [6, 6.07) is 10.6. The van der Waals surface area contributed by atoms with Crippen LogP contribution in [0.3, 0.4) is 0 Å². The predicted molar refractivity (Wildman–Crippen MR) is 93.3 cm³/mol. The molecule has 1 aromatic carbocycles. The van der Waals surface area contributed by atoms with Gasteiger partial charge in [0.05, 0.1) is 0 Å². The van der Waals surface area contributed by atoms with E-state index >= 15 is 0 Å². The highest BCUT2D eigenvalue weighted by Gasteiger charge is 2.35. The summed E-state index contributed by atoms with van der Waals surface area (Å²) >= 11 is 0. The van der Waals surface area contributed by atoms with Gasteiger partial charge in [0.25, 0.3) is 0 Å². The maximum atomic E-state index is 12.0. The molecule has 1 heterocycles. The van der Waals surface area contributed by atoms with Gasteiger partial charge in [-0.2, -0.15) is 0 Å². The van der Waals surface area contributed by atoms with Crippen LogP contribution < -0.4 is 5.32 Å². The number of nitrogens with zero attached hydrogens (tertiary/aromatic N) is 1. The first kappa shape index (κ1) is 17.8. The number of alkyl carbamates (subject to hydrolysis) is 1. The Kier molecular flexibility index (Phi) is 5.35. The zero-order valence-electron chi connectivity index (χ0n) is 15.1. The topological polar surface area (TPSA) is 41.6 Å². The number of carbonyl (C=O) groups is 1. The Hall–Kier alpha value is -1.55. The average Bonchev–Trinajstić information content (AvgIpc) is 2.42. The minimum atomic E-state index is -0.457. The van der Waals surface area contributed by atoms with Crippen LogP contribution in [0.5, 0.6) is 0 Å². The second kappa shape index (κ2) is 6.91. The minimum absolute atomic E-state index is 0.140. The third kappa shape index (κ3) is 5.54. The molecule has 1 unspecified atom stereocenters. The van der Waals surface area contributed by atoms with Crippen LogP contribution in [0.25, 0.3) is 0 Å². The Morgan fingerprint density at radius 2 is 1.96 bits per heavy atom. The van der Waals surface area contributed by atoms with Gasteiger partial charge in [0.2, 0.25) is 0 Å². The van der Waals surface area contributed by atoms with Crippen molar-refractivity contribution >= 4 is 6.09 Å². The van der Waals surface area contributed by atoms with Crippen LogP contribution in [0.1, 0.15) is 53.0 Å². The van der Waals surface area contributed by atoms with E-state index in [4.69, 9.17) is 4.74 Å². The summed E-state index contributed by atoms with van der Waals surface area (Å²) in [4.78, 5) is 14.5. The molecule has 23 heavy (non-hydrogen) atoms. The third-order valence-corrected chi connectivity index (χ3v) is 4.34. The molecule has 0 saturated carbocycles. The second-order valence-corrected chi connectivity index (χ2v) is 8.06. The molecule has 1 atom stereocenters. The molecule has 2 rings (SSSR count). The Labute approximate surface area is 140 Å². The molecule has 0 radical (unpaired) electrons. The van der Waals surface area contributed by atoms with E-state index in [0.29, 0.717) is 0 Å². The van der Waals surface area contributed by atoms with E-state index in [9.17, 15) is 4.79 Å². The van der Waals surface area contributed by atoms with Gasteiger partial charge in [-0.1, -0.05) is 30.3 Å². The number of hydrogen-bond acceptors (Lipinski definition) is 3. The molecular weight excluding hydrogens is 288 g/mol. The summed E-state index contributed by atoms with van der Waals surface area (Å²) < 4.78 is 5.38. The lowest BCUT2D eigenvalue weighted by Crippen LogP contribution is -2.56. The van der Waals surface area contributed by atoms with Gasteiger partial charge in [-0.25, -0.2) is 4.79 Å². The normalized spacial score (nSPS) is 21.7. The first-order chi connectivity index (χ1) is 10.7. The molecule has 4 nitrogen and oxygen atoms in total. The molecule has 128 valence electrons.